The van der Waals surface area contributed by atoms with Crippen LogP contribution < -0.4 is 0 Å². The largest absolute Gasteiger partial charge is 0.479 e. The average Bonchev–Trinajstić information content (AvgIpc) is 3.42. The van der Waals surface area contributed by atoms with E-state index in [-0.39, 0.29) is 25.9 Å². The number of carboxylic acids is 1. The fourth-order valence-electron chi connectivity index (χ4n) is 9.19. The lowest BCUT2D eigenvalue weighted by molar-refractivity contribution is -0.301. The van der Waals surface area contributed by atoms with Gasteiger partial charge in [-0.25, -0.2) is 4.79 Å². The molecule has 0 aromatic carbocycles. The summed E-state index contributed by atoms with van der Waals surface area (Å²) in [7, 11) is 0. The molecule has 12 nitrogen and oxygen atoms in total. The van der Waals surface area contributed by atoms with E-state index in [0.29, 0.717) is 19.3 Å². The molecule has 77 heavy (non-hydrogen) atoms. The topological polar surface area (TPSA) is 175 Å². The summed E-state index contributed by atoms with van der Waals surface area (Å²) in [6, 6.07) is 0. The smallest absolute Gasteiger partial charge is 0.335 e. The predicted octanol–water partition coefficient (Wildman–Crippen LogP) is 16.3. The third-order valence-electron chi connectivity index (χ3n) is 14.0. The third kappa shape index (κ3) is 43.0. The maximum atomic E-state index is 13.2. The molecule has 1 rings (SSSR count). The number of aliphatic hydroxyl groups excluding tert-OH is 2. The van der Waals surface area contributed by atoms with Gasteiger partial charge in [0.1, 0.15) is 18.8 Å². The van der Waals surface area contributed by atoms with Crippen LogP contribution in [0.2, 0.25) is 0 Å². The van der Waals surface area contributed by atoms with Gasteiger partial charge in [0.2, 0.25) is 0 Å². The van der Waals surface area contributed by atoms with Crippen molar-refractivity contribution in [2.24, 2.45) is 0 Å². The zero-order valence-corrected chi connectivity index (χ0v) is 49.0. The SMILES string of the molecule is CCCCC/C=C\C/C=C\C/C=C\CCCCCCCCC(=O)OCC(COC1OC(C(=O)O)C(O)C(O)C1OC(=O)CCCCCCC/C=C\CCCCCC)OC(=O)CCCCCCC/C=C\CCCCCCCC. The van der Waals surface area contributed by atoms with E-state index in [9.17, 15) is 34.5 Å². The van der Waals surface area contributed by atoms with Crippen molar-refractivity contribution in [3.63, 3.8) is 0 Å². The molecular formula is C65H112O12. The molecule has 0 aliphatic carbocycles. The Kier molecular flexibility index (Phi) is 49.2. The maximum absolute atomic E-state index is 13.2. The molecular weight excluding hydrogens is 973 g/mol. The first-order chi connectivity index (χ1) is 37.6. The minimum atomic E-state index is -1.91. The molecule has 1 aliphatic rings. The van der Waals surface area contributed by atoms with Gasteiger partial charge in [0.15, 0.2) is 24.6 Å². The monoisotopic (exact) mass is 1080 g/mol. The number of ether oxygens (including phenoxy) is 5. The van der Waals surface area contributed by atoms with Crippen LogP contribution in [0, 0.1) is 0 Å². The summed E-state index contributed by atoms with van der Waals surface area (Å²) in [6.07, 6.45) is 53.2. The number of hydrogen-bond acceptors (Lipinski definition) is 11. The first-order valence-corrected chi connectivity index (χ1v) is 31.3. The molecule has 0 aromatic heterocycles. The van der Waals surface area contributed by atoms with Gasteiger partial charge in [0, 0.05) is 19.3 Å². The fraction of sp³-hybridized carbons (Fsp3) is 0.785. The van der Waals surface area contributed by atoms with E-state index in [4.69, 9.17) is 23.7 Å². The van der Waals surface area contributed by atoms with Crippen LogP contribution >= 0.6 is 0 Å². The Bertz CT molecular complexity index is 1570. The number of carboxylic acid groups (broad SMARTS) is 1. The Morgan fingerprint density at radius 3 is 1.23 bits per heavy atom. The number of carbonyl (C=O) groups is 4. The van der Waals surface area contributed by atoms with Crippen LogP contribution in [-0.2, 0) is 42.9 Å². The van der Waals surface area contributed by atoms with Crippen LogP contribution in [0.1, 0.15) is 278 Å². The first-order valence-electron chi connectivity index (χ1n) is 31.3. The molecule has 0 aromatic rings. The summed E-state index contributed by atoms with van der Waals surface area (Å²) in [5.41, 5.74) is 0. The molecule has 0 amide bonds. The quantitative estimate of drug-likeness (QED) is 0.0228. The van der Waals surface area contributed by atoms with Gasteiger partial charge in [-0.3, -0.25) is 14.4 Å². The second kappa shape index (κ2) is 53.1. The van der Waals surface area contributed by atoms with E-state index < -0.39 is 67.3 Å². The van der Waals surface area contributed by atoms with Crippen molar-refractivity contribution in [2.45, 2.75) is 314 Å². The maximum Gasteiger partial charge on any atom is 0.335 e. The number of hydrogen-bond donors (Lipinski definition) is 3. The van der Waals surface area contributed by atoms with Gasteiger partial charge in [-0.1, -0.05) is 210 Å². The number of unbranched alkanes of at least 4 members (excludes halogenated alkanes) is 29. The lowest BCUT2D eigenvalue weighted by atomic mass is 9.98. The molecule has 0 spiro atoms. The number of aliphatic hydroxyl groups is 2. The molecule has 12 heteroatoms. The van der Waals surface area contributed by atoms with Crippen molar-refractivity contribution in [3.8, 4) is 0 Å². The van der Waals surface area contributed by atoms with Gasteiger partial charge in [-0.05, 0) is 109 Å². The first kappa shape index (κ1) is 71.4. The minimum Gasteiger partial charge on any atom is -0.479 e. The molecule has 0 bridgehead atoms. The molecule has 0 radical (unpaired) electrons. The Morgan fingerprint density at radius 2 is 0.779 bits per heavy atom. The molecule has 444 valence electrons. The van der Waals surface area contributed by atoms with Crippen molar-refractivity contribution >= 4 is 23.9 Å². The van der Waals surface area contributed by atoms with E-state index >= 15 is 0 Å². The van der Waals surface area contributed by atoms with Gasteiger partial charge >= 0.3 is 23.9 Å². The van der Waals surface area contributed by atoms with Crippen LogP contribution in [0.15, 0.2) is 60.8 Å². The molecule has 1 saturated heterocycles. The highest BCUT2D eigenvalue weighted by Gasteiger charge is 2.50. The molecule has 1 aliphatic heterocycles. The highest BCUT2D eigenvalue weighted by molar-refractivity contribution is 5.74. The molecule has 3 N–H and O–H groups in total. The zero-order valence-electron chi connectivity index (χ0n) is 49.0. The van der Waals surface area contributed by atoms with Crippen molar-refractivity contribution in [3.05, 3.63) is 60.8 Å². The lowest BCUT2D eigenvalue weighted by Gasteiger charge is -2.40. The highest BCUT2D eigenvalue weighted by atomic mass is 16.7. The van der Waals surface area contributed by atoms with E-state index in [0.717, 1.165) is 128 Å². The molecule has 1 heterocycles. The normalized spacial score (nSPS) is 18.4. The average molecular weight is 1090 g/mol. The number of carbonyl (C=O) groups excluding carboxylic acids is 3. The van der Waals surface area contributed by atoms with E-state index in [1.807, 2.05) is 0 Å². The molecule has 6 atom stereocenters. The Balaban J connectivity index is 2.68. The molecule has 6 unspecified atom stereocenters. The van der Waals surface area contributed by atoms with Gasteiger partial charge in [-0.2, -0.15) is 0 Å². The van der Waals surface area contributed by atoms with Crippen LogP contribution in [0.25, 0.3) is 0 Å². The Hall–Kier alpha value is -3.58. The van der Waals surface area contributed by atoms with Crippen molar-refractivity contribution < 1.29 is 58.2 Å². The van der Waals surface area contributed by atoms with Crippen LogP contribution in [0.5, 0.6) is 0 Å². The second-order valence-corrected chi connectivity index (χ2v) is 21.3. The molecule has 0 saturated carbocycles. The third-order valence-corrected chi connectivity index (χ3v) is 14.0. The summed E-state index contributed by atoms with van der Waals surface area (Å²) >= 11 is 0. The van der Waals surface area contributed by atoms with Gasteiger partial charge in [0.05, 0.1) is 6.61 Å². The lowest BCUT2D eigenvalue weighted by Crippen LogP contribution is -2.61. The van der Waals surface area contributed by atoms with Crippen LogP contribution in [0.4, 0.5) is 0 Å². The highest BCUT2D eigenvalue weighted by Crippen LogP contribution is 2.26. The Labute approximate surface area is 468 Å². The van der Waals surface area contributed by atoms with Gasteiger partial charge in [-0.15, -0.1) is 0 Å². The number of esters is 3. The van der Waals surface area contributed by atoms with Crippen LogP contribution in [0.3, 0.4) is 0 Å². The molecule has 1 fully saturated rings. The van der Waals surface area contributed by atoms with Crippen molar-refractivity contribution in [1.82, 2.24) is 0 Å². The summed E-state index contributed by atoms with van der Waals surface area (Å²) in [5, 5.41) is 31.5. The zero-order chi connectivity index (χ0) is 56.1. The van der Waals surface area contributed by atoms with Crippen molar-refractivity contribution in [2.75, 3.05) is 13.2 Å². The standard InChI is InChI=1S/C65H112O12/c1-4-7-10-13-16-19-22-25-27-28-29-30-32-34-36-39-42-45-48-51-57(66)73-54-56(75-58(67)52-49-46-43-40-38-35-31-26-23-20-17-14-11-8-5-2)55-74-65-63(61(70)60(69)62(77-65)64(71)72)76-59(68)53-50-47-44-41-37-33-24-21-18-15-12-9-6-3/h16,19,21,24-27,29-31,56,60-63,65,69-70H,4-15,17-18,20,22-23,28,32-55H2,1-3H3,(H,71,72)/b19-16-,24-21-,27-25-,30-29-,31-26-. The van der Waals surface area contributed by atoms with E-state index in [2.05, 4.69) is 81.5 Å². The van der Waals surface area contributed by atoms with Crippen LogP contribution in [-0.4, -0.2) is 89.2 Å². The minimum absolute atomic E-state index is 0.0481. The van der Waals surface area contributed by atoms with E-state index in [1.165, 1.54) is 89.9 Å². The predicted molar refractivity (Wildman–Crippen MR) is 312 cm³/mol. The summed E-state index contributed by atoms with van der Waals surface area (Å²) in [6.45, 7) is 5.94. The second-order valence-electron chi connectivity index (χ2n) is 21.3. The number of aliphatic carboxylic acids is 1. The number of allylic oxidation sites excluding steroid dienone is 10. The fourth-order valence-corrected chi connectivity index (χ4v) is 9.19. The van der Waals surface area contributed by atoms with E-state index in [1.54, 1.807) is 0 Å². The summed E-state index contributed by atoms with van der Waals surface area (Å²) in [5.74, 6) is -3.15. The van der Waals surface area contributed by atoms with Gasteiger partial charge < -0.3 is 39.0 Å². The summed E-state index contributed by atoms with van der Waals surface area (Å²) in [4.78, 5) is 51.2. The van der Waals surface area contributed by atoms with Crippen molar-refractivity contribution in [1.29, 1.82) is 0 Å². The van der Waals surface area contributed by atoms with Gasteiger partial charge in [0.25, 0.3) is 0 Å². The summed E-state index contributed by atoms with van der Waals surface area (Å²) < 4.78 is 28.5. The Morgan fingerprint density at radius 1 is 0.429 bits per heavy atom. The number of rotatable bonds is 53.